The topological polar surface area (TPSA) is 38.5 Å². The van der Waals surface area contributed by atoms with Crippen molar-refractivity contribution < 1.29 is 4.74 Å². The lowest BCUT2D eigenvalue weighted by atomic mass is 10.1. The van der Waals surface area contributed by atoms with E-state index in [2.05, 4.69) is 32.0 Å². The van der Waals surface area contributed by atoms with Crippen LogP contribution in [0.2, 0.25) is 0 Å². The standard InChI is InChI=1S/C14H24N2O/c1-4-12-7-5-6-8-14(12)17-10-9-13(11-15)16(2)3/h5-8,13H,4,9-11,15H2,1-3H3. The molecule has 2 N–H and O–H groups in total. The van der Waals surface area contributed by atoms with Crippen LogP contribution in [0.4, 0.5) is 0 Å². The van der Waals surface area contributed by atoms with Crippen LogP contribution in [-0.4, -0.2) is 38.2 Å². The molecule has 0 aromatic heterocycles. The maximum Gasteiger partial charge on any atom is 0.122 e. The molecular weight excluding hydrogens is 212 g/mol. The zero-order chi connectivity index (χ0) is 12.7. The number of benzene rings is 1. The molecule has 3 heteroatoms. The predicted octanol–water partition coefficient (Wildman–Crippen LogP) is 1.91. The minimum atomic E-state index is 0.392. The van der Waals surface area contributed by atoms with Gasteiger partial charge in [-0.1, -0.05) is 25.1 Å². The lowest BCUT2D eigenvalue weighted by molar-refractivity contribution is 0.224. The van der Waals surface area contributed by atoms with Crippen LogP contribution < -0.4 is 10.5 Å². The number of hydrogen-bond acceptors (Lipinski definition) is 3. The lowest BCUT2D eigenvalue weighted by Crippen LogP contribution is -2.36. The number of hydrogen-bond donors (Lipinski definition) is 1. The molecule has 1 unspecified atom stereocenters. The second-order valence-electron chi connectivity index (χ2n) is 4.45. The van der Waals surface area contributed by atoms with E-state index >= 15 is 0 Å². The van der Waals surface area contributed by atoms with Crippen molar-refractivity contribution in [3.63, 3.8) is 0 Å². The number of para-hydroxylation sites is 1. The molecule has 1 rings (SSSR count). The van der Waals surface area contributed by atoms with Crippen molar-refractivity contribution in [1.29, 1.82) is 0 Å². The van der Waals surface area contributed by atoms with Gasteiger partial charge in [-0.15, -0.1) is 0 Å². The molecule has 0 aliphatic rings. The molecule has 3 nitrogen and oxygen atoms in total. The molecule has 0 fully saturated rings. The number of likely N-dealkylation sites (N-methyl/N-ethyl adjacent to an activating group) is 1. The van der Waals surface area contributed by atoms with Gasteiger partial charge in [-0.2, -0.15) is 0 Å². The summed E-state index contributed by atoms with van der Waals surface area (Å²) in [5.74, 6) is 1.00. The first-order valence-electron chi connectivity index (χ1n) is 6.26. The Labute approximate surface area is 105 Å². The molecule has 0 spiro atoms. The molecule has 0 amide bonds. The molecule has 1 aromatic rings. The zero-order valence-electron chi connectivity index (χ0n) is 11.1. The van der Waals surface area contributed by atoms with Crippen LogP contribution in [0.5, 0.6) is 5.75 Å². The van der Waals surface area contributed by atoms with Gasteiger partial charge >= 0.3 is 0 Å². The van der Waals surface area contributed by atoms with Crippen LogP contribution in [0.15, 0.2) is 24.3 Å². The average Bonchev–Trinajstić information content (AvgIpc) is 2.34. The molecule has 0 heterocycles. The van der Waals surface area contributed by atoms with Crippen molar-refractivity contribution in [3.05, 3.63) is 29.8 Å². The summed E-state index contributed by atoms with van der Waals surface area (Å²) >= 11 is 0. The third-order valence-electron chi connectivity index (χ3n) is 3.06. The van der Waals surface area contributed by atoms with Crippen molar-refractivity contribution in [2.24, 2.45) is 5.73 Å². The fourth-order valence-corrected chi connectivity index (χ4v) is 1.83. The fraction of sp³-hybridized carbons (Fsp3) is 0.571. The Morgan fingerprint density at radius 1 is 1.29 bits per heavy atom. The molecule has 0 radical (unpaired) electrons. The minimum absolute atomic E-state index is 0.392. The second kappa shape index (κ2) is 7.30. The summed E-state index contributed by atoms with van der Waals surface area (Å²) < 4.78 is 5.83. The average molecular weight is 236 g/mol. The first kappa shape index (κ1) is 14.0. The van der Waals surface area contributed by atoms with E-state index in [4.69, 9.17) is 10.5 Å². The predicted molar refractivity (Wildman–Crippen MR) is 72.5 cm³/mol. The maximum absolute atomic E-state index is 5.83. The summed E-state index contributed by atoms with van der Waals surface area (Å²) in [7, 11) is 4.11. The summed E-state index contributed by atoms with van der Waals surface area (Å²) in [5, 5.41) is 0. The third-order valence-corrected chi connectivity index (χ3v) is 3.06. The summed E-state index contributed by atoms with van der Waals surface area (Å²) in [6.07, 6.45) is 1.96. The molecule has 1 aromatic carbocycles. The van der Waals surface area contributed by atoms with Gasteiger partial charge in [0.2, 0.25) is 0 Å². The van der Waals surface area contributed by atoms with Crippen molar-refractivity contribution in [3.8, 4) is 5.75 Å². The number of nitrogens with two attached hydrogens (primary N) is 1. The summed E-state index contributed by atoms with van der Waals surface area (Å²) in [6.45, 7) is 3.54. The van der Waals surface area contributed by atoms with Gasteiger partial charge in [0.1, 0.15) is 5.75 Å². The molecule has 17 heavy (non-hydrogen) atoms. The van der Waals surface area contributed by atoms with E-state index in [0.717, 1.165) is 25.2 Å². The monoisotopic (exact) mass is 236 g/mol. The molecule has 0 aliphatic heterocycles. The third kappa shape index (κ3) is 4.36. The minimum Gasteiger partial charge on any atom is -0.493 e. The van der Waals surface area contributed by atoms with Gasteiger partial charge in [0.05, 0.1) is 6.61 Å². The summed E-state index contributed by atoms with van der Waals surface area (Å²) in [5.41, 5.74) is 6.98. The Kier molecular flexibility index (Phi) is 6.01. The van der Waals surface area contributed by atoms with Crippen molar-refractivity contribution >= 4 is 0 Å². The smallest absolute Gasteiger partial charge is 0.122 e. The van der Waals surface area contributed by atoms with Gasteiger partial charge < -0.3 is 15.4 Å². The van der Waals surface area contributed by atoms with Crippen LogP contribution in [-0.2, 0) is 6.42 Å². The van der Waals surface area contributed by atoms with Gasteiger partial charge in [0.15, 0.2) is 0 Å². The molecule has 0 aliphatic carbocycles. The van der Waals surface area contributed by atoms with Gasteiger partial charge in [-0.05, 0) is 38.6 Å². The Morgan fingerprint density at radius 2 is 2.00 bits per heavy atom. The van der Waals surface area contributed by atoms with E-state index in [-0.39, 0.29) is 0 Å². The van der Waals surface area contributed by atoms with Gasteiger partial charge in [0.25, 0.3) is 0 Å². The number of nitrogens with zero attached hydrogens (tertiary/aromatic N) is 1. The Bertz CT molecular complexity index is 326. The van der Waals surface area contributed by atoms with Crippen LogP contribution in [0.25, 0.3) is 0 Å². The van der Waals surface area contributed by atoms with Crippen LogP contribution >= 0.6 is 0 Å². The quantitative estimate of drug-likeness (QED) is 0.786. The van der Waals surface area contributed by atoms with Crippen molar-refractivity contribution in [1.82, 2.24) is 4.90 Å². The Morgan fingerprint density at radius 3 is 2.59 bits per heavy atom. The van der Waals surface area contributed by atoms with Crippen molar-refractivity contribution in [2.75, 3.05) is 27.2 Å². The highest BCUT2D eigenvalue weighted by Crippen LogP contribution is 2.18. The van der Waals surface area contributed by atoms with Crippen molar-refractivity contribution in [2.45, 2.75) is 25.8 Å². The second-order valence-corrected chi connectivity index (χ2v) is 4.45. The first-order chi connectivity index (χ1) is 8.19. The van der Waals surface area contributed by atoms with E-state index in [1.54, 1.807) is 0 Å². The van der Waals surface area contributed by atoms with Crippen LogP contribution in [0.1, 0.15) is 18.9 Å². The fourth-order valence-electron chi connectivity index (χ4n) is 1.83. The number of ether oxygens (including phenoxy) is 1. The molecule has 0 saturated heterocycles. The van der Waals surface area contributed by atoms with Crippen LogP contribution in [0, 0.1) is 0 Å². The number of rotatable bonds is 7. The Hall–Kier alpha value is -1.06. The van der Waals surface area contributed by atoms with Gasteiger partial charge in [-0.25, -0.2) is 0 Å². The van der Waals surface area contributed by atoms with Crippen LogP contribution in [0.3, 0.4) is 0 Å². The van der Waals surface area contributed by atoms with E-state index in [9.17, 15) is 0 Å². The highest BCUT2D eigenvalue weighted by atomic mass is 16.5. The summed E-state index contributed by atoms with van der Waals surface area (Å²) in [6, 6.07) is 8.60. The number of aryl methyl sites for hydroxylation is 1. The molecule has 1 atom stereocenters. The molecular formula is C14H24N2O. The van der Waals surface area contributed by atoms with E-state index < -0.39 is 0 Å². The van der Waals surface area contributed by atoms with Gasteiger partial charge in [-0.3, -0.25) is 0 Å². The van der Waals surface area contributed by atoms with E-state index in [1.165, 1.54) is 5.56 Å². The molecule has 0 bridgehead atoms. The molecule has 0 saturated carbocycles. The highest BCUT2D eigenvalue weighted by Gasteiger charge is 2.09. The van der Waals surface area contributed by atoms with E-state index in [1.807, 2.05) is 18.2 Å². The maximum atomic E-state index is 5.83. The van der Waals surface area contributed by atoms with E-state index in [0.29, 0.717) is 12.6 Å². The lowest BCUT2D eigenvalue weighted by Gasteiger charge is -2.22. The SMILES string of the molecule is CCc1ccccc1OCCC(CN)N(C)C. The largest absolute Gasteiger partial charge is 0.493 e. The normalized spacial score (nSPS) is 12.8. The zero-order valence-corrected chi connectivity index (χ0v) is 11.1. The highest BCUT2D eigenvalue weighted by molar-refractivity contribution is 5.33. The summed E-state index contributed by atoms with van der Waals surface area (Å²) in [4.78, 5) is 2.15. The van der Waals surface area contributed by atoms with Gasteiger partial charge in [0, 0.05) is 12.6 Å². The first-order valence-corrected chi connectivity index (χ1v) is 6.26. The molecule has 96 valence electrons. The Balaban J connectivity index is 2.45.